The fraction of sp³-hybridized carbons (Fsp3) is 0.385. The molecule has 0 aliphatic rings. The Morgan fingerprint density at radius 3 is 2.65 bits per heavy atom. The van der Waals surface area contributed by atoms with Crippen LogP contribution >= 0.6 is 11.6 Å². The van der Waals surface area contributed by atoms with Crippen molar-refractivity contribution in [3.8, 4) is 5.75 Å². The predicted molar refractivity (Wildman–Crippen MR) is 78.3 cm³/mol. The molecule has 0 heterocycles. The fourth-order valence-corrected chi connectivity index (χ4v) is 1.66. The van der Waals surface area contributed by atoms with Crippen molar-refractivity contribution >= 4 is 29.2 Å². The molecule has 0 unspecified atom stereocenters. The third kappa shape index (κ3) is 5.36. The topological polar surface area (TPSA) is 79.5 Å². The molecule has 6 nitrogen and oxygen atoms in total. The first-order chi connectivity index (χ1) is 9.56. The van der Waals surface area contributed by atoms with Crippen LogP contribution in [0.25, 0.3) is 0 Å². The van der Waals surface area contributed by atoms with Gasteiger partial charge in [0.1, 0.15) is 5.75 Å². The number of amides is 3. The lowest BCUT2D eigenvalue weighted by Crippen LogP contribution is -2.39. The number of halogens is 1. The van der Waals surface area contributed by atoms with E-state index in [1.807, 2.05) is 6.92 Å². The van der Waals surface area contributed by atoms with Gasteiger partial charge in [-0.2, -0.15) is 0 Å². The van der Waals surface area contributed by atoms with Gasteiger partial charge >= 0.3 is 6.03 Å². The van der Waals surface area contributed by atoms with Crippen molar-refractivity contribution < 1.29 is 14.3 Å². The predicted octanol–water partition coefficient (Wildman–Crippen LogP) is 2.00. The van der Waals surface area contributed by atoms with Gasteiger partial charge in [-0.15, -0.1) is 0 Å². The first kappa shape index (κ1) is 16.1. The molecule has 0 bridgehead atoms. The zero-order valence-corrected chi connectivity index (χ0v) is 12.2. The average Bonchev–Trinajstić information content (AvgIpc) is 2.43. The summed E-state index contributed by atoms with van der Waals surface area (Å²) in [6, 6.07) is 4.39. The molecule has 0 aliphatic heterocycles. The number of hydrogen-bond acceptors (Lipinski definition) is 3. The molecule has 1 aromatic carbocycles. The second-order valence-electron chi connectivity index (χ2n) is 4.01. The van der Waals surface area contributed by atoms with Gasteiger partial charge in [-0.1, -0.05) is 18.5 Å². The molecule has 0 atom stereocenters. The van der Waals surface area contributed by atoms with Gasteiger partial charge in [0.15, 0.2) is 0 Å². The lowest BCUT2D eigenvalue weighted by atomic mass is 10.3. The molecule has 110 valence electrons. The van der Waals surface area contributed by atoms with E-state index in [-0.39, 0.29) is 12.5 Å². The van der Waals surface area contributed by atoms with Crippen LogP contribution in [0.1, 0.15) is 13.3 Å². The normalized spacial score (nSPS) is 9.75. The van der Waals surface area contributed by atoms with Crippen molar-refractivity contribution in [3.05, 3.63) is 23.2 Å². The van der Waals surface area contributed by atoms with Gasteiger partial charge in [0, 0.05) is 12.2 Å². The molecule has 1 aromatic rings. The maximum Gasteiger partial charge on any atom is 0.319 e. The van der Waals surface area contributed by atoms with Crippen molar-refractivity contribution in [1.82, 2.24) is 10.6 Å². The summed E-state index contributed by atoms with van der Waals surface area (Å²) in [5, 5.41) is 8.08. The van der Waals surface area contributed by atoms with E-state index in [0.717, 1.165) is 6.42 Å². The Bertz CT molecular complexity index is 480. The molecule has 1 rings (SSSR count). The maximum absolute atomic E-state index is 11.6. The van der Waals surface area contributed by atoms with Gasteiger partial charge in [0.05, 0.1) is 18.7 Å². The van der Waals surface area contributed by atoms with E-state index in [1.54, 1.807) is 18.2 Å². The number of carbonyl (C=O) groups excluding carboxylic acids is 2. The molecule has 0 radical (unpaired) electrons. The SMILES string of the molecule is CCCNC(=O)CNC(=O)Nc1ccc(OC)c(Cl)c1. The summed E-state index contributed by atoms with van der Waals surface area (Å²) in [6.07, 6.45) is 0.849. The first-order valence-electron chi connectivity index (χ1n) is 6.22. The van der Waals surface area contributed by atoms with Gasteiger partial charge in [0.2, 0.25) is 5.91 Å². The van der Waals surface area contributed by atoms with Crippen LogP contribution in [-0.2, 0) is 4.79 Å². The Kier molecular flexibility index (Phi) is 6.66. The highest BCUT2D eigenvalue weighted by Crippen LogP contribution is 2.26. The Morgan fingerprint density at radius 1 is 1.30 bits per heavy atom. The van der Waals surface area contributed by atoms with Crippen LogP contribution in [0.5, 0.6) is 5.75 Å². The summed E-state index contributed by atoms with van der Waals surface area (Å²) in [7, 11) is 1.51. The number of nitrogens with one attached hydrogen (secondary N) is 3. The minimum atomic E-state index is -0.474. The van der Waals surface area contributed by atoms with Gasteiger partial charge < -0.3 is 20.7 Å². The first-order valence-corrected chi connectivity index (χ1v) is 6.59. The molecule has 0 aliphatic carbocycles. The highest BCUT2D eigenvalue weighted by Gasteiger charge is 2.07. The molecule has 0 fully saturated rings. The number of hydrogen-bond donors (Lipinski definition) is 3. The number of rotatable bonds is 6. The summed E-state index contributed by atoms with van der Waals surface area (Å²) in [5.74, 6) is 0.298. The molecular formula is C13H18ClN3O3. The largest absolute Gasteiger partial charge is 0.495 e. The third-order valence-electron chi connectivity index (χ3n) is 2.39. The lowest BCUT2D eigenvalue weighted by Gasteiger charge is -2.09. The summed E-state index contributed by atoms with van der Waals surface area (Å²) in [4.78, 5) is 22.9. The van der Waals surface area contributed by atoms with Gasteiger partial charge in [-0.25, -0.2) is 4.79 Å². The summed E-state index contributed by atoms with van der Waals surface area (Å²) in [5.41, 5.74) is 0.516. The quantitative estimate of drug-likeness (QED) is 0.751. The Morgan fingerprint density at radius 2 is 2.05 bits per heavy atom. The number of carbonyl (C=O) groups is 2. The molecule has 3 amide bonds. The lowest BCUT2D eigenvalue weighted by molar-refractivity contribution is -0.120. The van der Waals surface area contributed by atoms with Crippen LogP contribution in [0, 0.1) is 0 Å². The summed E-state index contributed by atoms with van der Waals surface area (Å²) < 4.78 is 5.01. The molecule has 7 heteroatoms. The van der Waals surface area contributed by atoms with Crippen molar-refractivity contribution in [2.24, 2.45) is 0 Å². The number of ether oxygens (including phenoxy) is 1. The standard InChI is InChI=1S/C13H18ClN3O3/c1-3-6-15-12(18)8-16-13(19)17-9-4-5-11(20-2)10(14)7-9/h4-5,7H,3,6,8H2,1-2H3,(H,15,18)(H2,16,17,19). The number of urea groups is 1. The molecular weight excluding hydrogens is 282 g/mol. The van der Waals surface area contributed by atoms with Crippen LogP contribution in [0.3, 0.4) is 0 Å². The highest BCUT2D eigenvalue weighted by atomic mass is 35.5. The maximum atomic E-state index is 11.6. The van der Waals surface area contributed by atoms with E-state index in [2.05, 4.69) is 16.0 Å². The van der Waals surface area contributed by atoms with E-state index in [9.17, 15) is 9.59 Å². The van der Waals surface area contributed by atoms with Crippen molar-refractivity contribution in [2.45, 2.75) is 13.3 Å². The van der Waals surface area contributed by atoms with Gasteiger partial charge in [-0.3, -0.25) is 4.79 Å². The van der Waals surface area contributed by atoms with E-state index in [4.69, 9.17) is 16.3 Å². The van der Waals surface area contributed by atoms with Crippen molar-refractivity contribution in [3.63, 3.8) is 0 Å². The Labute approximate surface area is 122 Å². The number of anilines is 1. The van der Waals surface area contributed by atoms with Gasteiger partial charge in [0.25, 0.3) is 0 Å². The molecule has 0 aromatic heterocycles. The minimum Gasteiger partial charge on any atom is -0.495 e. The third-order valence-corrected chi connectivity index (χ3v) is 2.69. The molecule has 0 saturated carbocycles. The second-order valence-corrected chi connectivity index (χ2v) is 4.41. The Hall–Kier alpha value is -1.95. The van der Waals surface area contributed by atoms with Crippen LogP contribution in [0.15, 0.2) is 18.2 Å². The van der Waals surface area contributed by atoms with Crippen molar-refractivity contribution in [1.29, 1.82) is 0 Å². The van der Waals surface area contributed by atoms with Crippen LogP contribution in [0.2, 0.25) is 5.02 Å². The van der Waals surface area contributed by atoms with Crippen LogP contribution in [0.4, 0.5) is 10.5 Å². The number of methoxy groups -OCH3 is 1. The van der Waals surface area contributed by atoms with E-state index in [1.165, 1.54) is 7.11 Å². The highest BCUT2D eigenvalue weighted by molar-refractivity contribution is 6.32. The van der Waals surface area contributed by atoms with E-state index < -0.39 is 6.03 Å². The molecule has 3 N–H and O–H groups in total. The average molecular weight is 300 g/mol. The van der Waals surface area contributed by atoms with Crippen molar-refractivity contribution in [2.75, 3.05) is 25.5 Å². The van der Waals surface area contributed by atoms with Crippen LogP contribution < -0.4 is 20.7 Å². The second kappa shape index (κ2) is 8.27. The minimum absolute atomic E-state index is 0.0737. The fourth-order valence-electron chi connectivity index (χ4n) is 1.41. The zero-order valence-electron chi connectivity index (χ0n) is 11.5. The molecule has 20 heavy (non-hydrogen) atoms. The zero-order chi connectivity index (χ0) is 15.0. The summed E-state index contributed by atoms with van der Waals surface area (Å²) in [6.45, 7) is 2.47. The number of benzene rings is 1. The molecule has 0 saturated heterocycles. The summed E-state index contributed by atoms with van der Waals surface area (Å²) >= 11 is 5.94. The van der Waals surface area contributed by atoms with Crippen LogP contribution in [-0.4, -0.2) is 32.1 Å². The van der Waals surface area contributed by atoms with Gasteiger partial charge in [-0.05, 0) is 24.6 Å². The monoisotopic (exact) mass is 299 g/mol. The van der Waals surface area contributed by atoms with E-state index in [0.29, 0.717) is 23.0 Å². The Balaban J connectivity index is 2.42. The molecule has 0 spiro atoms. The van der Waals surface area contributed by atoms with E-state index >= 15 is 0 Å². The smallest absolute Gasteiger partial charge is 0.319 e.